The second kappa shape index (κ2) is 3.87. The summed E-state index contributed by atoms with van der Waals surface area (Å²) in [5, 5.41) is 17.8. The van der Waals surface area contributed by atoms with E-state index >= 15 is 0 Å². The predicted octanol–water partition coefficient (Wildman–Crippen LogP) is 1.23. The first-order chi connectivity index (χ1) is 6.19. The average molecular weight is 180 g/mol. The van der Waals surface area contributed by atoms with Crippen molar-refractivity contribution in [2.45, 2.75) is 6.04 Å². The number of aromatic hydroxyl groups is 1. The summed E-state index contributed by atoms with van der Waals surface area (Å²) in [6.07, 6.45) is 0. The minimum Gasteiger partial charge on any atom is -0.508 e. The van der Waals surface area contributed by atoms with Crippen molar-refractivity contribution in [2.24, 2.45) is 5.73 Å². The van der Waals surface area contributed by atoms with Gasteiger partial charge >= 0.3 is 0 Å². The van der Waals surface area contributed by atoms with Gasteiger partial charge in [-0.25, -0.2) is 4.39 Å². The lowest BCUT2D eigenvalue weighted by Crippen LogP contribution is -2.12. The highest BCUT2D eigenvalue weighted by atomic mass is 19.1. The Bertz CT molecular complexity index is 346. The van der Waals surface area contributed by atoms with Gasteiger partial charge in [-0.2, -0.15) is 5.26 Å². The largest absolute Gasteiger partial charge is 0.508 e. The SMILES string of the molecule is N#Cc1ccc(O)c([C@H](N)CF)c1. The molecule has 0 saturated heterocycles. The van der Waals surface area contributed by atoms with Crippen molar-refractivity contribution in [2.75, 3.05) is 6.67 Å². The molecular formula is C9H9FN2O. The molecule has 0 aliphatic heterocycles. The Morgan fingerprint density at radius 3 is 2.85 bits per heavy atom. The molecule has 0 aliphatic carbocycles. The van der Waals surface area contributed by atoms with Crippen LogP contribution in [0.2, 0.25) is 0 Å². The van der Waals surface area contributed by atoms with Crippen LogP contribution in [0.3, 0.4) is 0 Å². The molecular weight excluding hydrogens is 171 g/mol. The number of benzene rings is 1. The summed E-state index contributed by atoms with van der Waals surface area (Å²) in [5.74, 6) is -0.0795. The summed E-state index contributed by atoms with van der Waals surface area (Å²) in [4.78, 5) is 0. The number of nitrogens with zero attached hydrogens (tertiary/aromatic N) is 1. The maximum absolute atomic E-state index is 12.2. The molecule has 0 radical (unpaired) electrons. The molecule has 0 unspecified atom stereocenters. The van der Waals surface area contributed by atoms with Gasteiger partial charge in [-0.05, 0) is 18.2 Å². The number of alkyl halides is 1. The lowest BCUT2D eigenvalue weighted by atomic mass is 10.0. The molecule has 0 amide bonds. The number of phenols is 1. The quantitative estimate of drug-likeness (QED) is 0.719. The summed E-state index contributed by atoms with van der Waals surface area (Å²) in [6.45, 7) is -0.761. The Kier molecular flexibility index (Phi) is 2.83. The van der Waals surface area contributed by atoms with E-state index in [0.717, 1.165) is 0 Å². The molecule has 3 N–H and O–H groups in total. The maximum Gasteiger partial charge on any atom is 0.120 e. The fourth-order valence-corrected chi connectivity index (χ4v) is 1.00. The number of hydrogen-bond donors (Lipinski definition) is 2. The van der Waals surface area contributed by atoms with Crippen molar-refractivity contribution in [3.63, 3.8) is 0 Å². The van der Waals surface area contributed by atoms with Crippen LogP contribution in [-0.2, 0) is 0 Å². The molecule has 1 aromatic carbocycles. The van der Waals surface area contributed by atoms with Crippen LogP contribution in [0, 0.1) is 11.3 Å². The van der Waals surface area contributed by atoms with Crippen LogP contribution in [0.25, 0.3) is 0 Å². The topological polar surface area (TPSA) is 70.0 Å². The van der Waals surface area contributed by atoms with Crippen LogP contribution in [0.4, 0.5) is 4.39 Å². The van der Waals surface area contributed by atoms with E-state index < -0.39 is 12.7 Å². The predicted molar refractivity (Wildman–Crippen MR) is 45.7 cm³/mol. The van der Waals surface area contributed by atoms with Crippen LogP contribution < -0.4 is 5.73 Å². The lowest BCUT2D eigenvalue weighted by Gasteiger charge is -2.09. The monoisotopic (exact) mass is 180 g/mol. The number of nitrogens with two attached hydrogens (primary N) is 1. The number of rotatable bonds is 2. The van der Waals surface area contributed by atoms with E-state index in [-0.39, 0.29) is 11.3 Å². The minimum absolute atomic E-state index is 0.0795. The Balaban J connectivity index is 3.12. The first kappa shape index (κ1) is 9.49. The van der Waals surface area contributed by atoms with Gasteiger partial charge in [0, 0.05) is 5.56 Å². The molecule has 4 heteroatoms. The number of halogens is 1. The second-order valence-electron chi connectivity index (χ2n) is 2.65. The van der Waals surface area contributed by atoms with Gasteiger partial charge in [0.1, 0.15) is 12.4 Å². The van der Waals surface area contributed by atoms with Crippen LogP contribution in [-0.4, -0.2) is 11.8 Å². The average Bonchev–Trinajstić information content (AvgIpc) is 2.17. The van der Waals surface area contributed by atoms with E-state index in [0.29, 0.717) is 5.56 Å². The van der Waals surface area contributed by atoms with Crippen molar-refractivity contribution in [3.8, 4) is 11.8 Å². The molecule has 0 fully saturated rings. The molecule has 0 bridgehead atoms. The maximum atomic E-state index is 12.2. The Labute approximate surface area is 75.2 Å². The first-order valence-corrected chi connectivity index (χ1v) is 3.73. The van der Waals surface area contributed by atoms with Crippen LogP contribution in [0.1, 0.15) is 17.2 Å². The van der Waals surface area contributed by atoms with Gasteiger partial charge in [-0.15, -0.1) is 0 Å². The molecule has 68 valence electrons. The Morgan fingerprint density at radius 2 is 2.31 bits per heavy atom. The molecule has 1 atom stereocenters. The fourth-order valence-electron chi connectivity index (χ4n) is 1.00. The van der Waals surface area contributed by atoms with Gasteiger partial charge in [0.15, 0.2) is 0 Å². The fraction of sp³-hybridized carbons (Fsp3) is 0.222. The van der Waals surface area contributed by atoms with Crippen molar-refractivity contribution in [1.82, 2.24) is 0 Å². The summed E-state index contributed by atoms with van der Waals surface area (Å²) in [7, 11) is 0. The van der Waals surface area contributed by atoms with Gasteiger partial charge in [-0.3, -0.25) is 0 Å². The lowest BCUT2D eigenvalue weighted by molar-refractivity contribution is 0.414. The van der Waals surface area contributed by atoms with E-state index in [1.54, 1.807) is 0 Å². The zero-order valence-corrected chi connectivity index (χ0v) is 6.87. The van der Waals surface area contributed by atoms with Crippen molar-refractivity contribution in [3.05, 3.63) is 29.3 Å². The number of hydrogen-bond acceptors (Lipinski definition) is 3. The van der Waals surface area contributed by atoms with Gasteiger partial charge in [0.05, 0.1) is 17.7 Å². The third kappa shape index (κ3) is 1.95. The van der Waals surface area contributed by atoms with Crippen molar-refractivity contribution >= 4 is 0 Å². The zero-order valence-electron chi connectivity index (χ0n) is 6.87. The van der Waals surface area contributed by atoms with Crippen LogP contribution in [0.15, 0.2) is 18.2 Å². The van der Waals surface area contributed by atoms with Crippen molar-refractivity contribution in [1.29, 1.82) is 5.26 Å². The highest BCUT2D eigenvalue weighted by Gasteiger charge is 2.10. The van der Waals surface area contributed by atoms with Gasteiger partial charge < -0.3 is 10.8 Å². The van der Waals surface area contributed by atoms with Gasteiger partial charge in [0.2, 0.25) is 0 Å². The van der Waals surface area contributed by atoms with E-state index in [2.05, 4.69) is 0 Å². The van der Waals surface area contributed by atoms with E-state index in [1.807, 2.05) is 6.07 Å². The molecule has 3 nitrogen and oxygen atoms in total. The van der Waals surface area contributed by atoms with Crippen LogP contribution in [0.5, 0.6) is 5.75 Å². The highest BCUT2D eigenvalue weighted by molar-refractivity contribution is 5.42. The number of phenolic OH excluding ortho intramolecular Hbond substituents is 1. The van der Waals surface area contributed by atoms with Crippen molar-refractivity contribution < 1.29 is 9.50 Å². The second-order valence-corrected chi connectivity index (χ2v) is 2.65. The summed E-state index contributed by atoms with van der Waals surface area (Å²) >= 11 is 0. The Morgan fingerprint density at radius 1 is 1.62 bits per heavy atom. The van der Waals surface area contributed by atoms with Gasteiger partial charge in [-0.1, -0.05) is 0 Å². The summed E-state index contributed by atoms with van der Waals surface area (Å²) in [6, 6.07) is 5.19. The zero-order chi connectivity index (χ0) is 9.84. The van der Waals surface area contributed by atoms with E-state index in [9.17, 15) is 9.50 Å². The van der Waals surface area contributed by atoms with E-state index in [4.69, 9.17) is 11.0 Å². The smallest absolute Gasteiger partial charge is 0.120 e. The van der Waals surface area contributed by atoms with E-state index in [1.165, 1.54) is 18.2 Å². The third-order valence-electron chi connectivity index (χ3n) is 1.72. The molecule has 0 saturated carbocycles. The normalized spacial score (nSPS) is 12.1. The number of nitriles is 1. The molecule has 0 spiro atoms. The molecule has 0 aromatic heterocycles. The molecule has 1 aromatic rings. The molecule has 0 aliphatic rings. The summed E-state index contributed by atoms with van der Waals surface area (Å²) in [5.41, 5.74) is 6.00. The standard InChI is InChI=1S/C9H9FN2O/c10-4-8(12)7-3-6(5-11)1-2-9(7)13/h1-3,8,13H,4,12H2/t8-/m1/s1. The summed E-state index contributed by atoms with van der Waals surface area (Å²) < 4.78 is 12.2. The van der Waals surface area contributed by atoms with Gasteiger partial charge in [0.25, 0.3) is 0 Å². The molecule has 0 heterocycles. The highest BCUT2D eigenvalue weighted by Crippen LogP contribution is 2.23. The third-order valence-corrected chi connectivity index (χ3v) is 1.72. The Hall–Kier alpha value is -1.60. The minimum atomic E-state index is -0.867. The molecule has 1 rings (SSSR count). The molecule has 13 heavy (non-hydrogen) atoms. The first-order valence-electron chi connectivity index (χ1n) is 3.73. The van der Waals surface area contributed by atoms with Crippen LogP contribution >= 0.6 is 0 Å².